The van der Waals surface area contributed by atoms with Crippen LogP contribution in [0, 0.1) is 0 Å². The zero-order valence-corrected chi connectivity index (χ0v) is 14.6. The molecule has 2 heterocycles. The highest BCUT2D eigenvalue weighted by molar-refractivity contribution is 7.18. The van der Waals surface area contributed by atoms with Crippen LogP contribution in [0.1, 0.15) is 15.4 Å². The number of aromatic hydroxyl groups is 1. The number of aromatic nitrogens is 1. The Morgan fingerprint density at radius 1 is 1.04 bits per heavy atom. The molecule has 25 heavy (non-hydrogen) atoms. The maximum atomic E-state index is 12.5. The fourth-order valence-electron chi connectivity index (χ4n) is 3.07. The van der Waals surface area contributed by atoms with Crippen LogP contribution in [0.2, 0.25) is 0 Å². The molecule has 6 heteroatoms. The number of benzene rings is 2. The summed E-state index contributed by atoms with van der Waals surface area (Å²) in [6.07, 6.45) is 0. The number of hydrogen-bond acceptors (Lipinski definition) is 5. The van der Waals surface area contributed by atoms with Crippen molar-refractivity contribution in [2.45, 2.75) is 6.54 Å². The molecule has 1 fully saturated rings. The van der Waals surface area contributed by atoms with Crippen molar-refractivity contribution in [1.29, 1.82) is 0 Å². The van der Waals surface area contributed by atoms with E-state index in [1.54, 1.807) is 35.6 Å². The minimum absolute atomic E-state index is 0.0274. The van der Waals surface area contributed by atoms with Crippen molar-refractivity contribution < 1.29 is 9.90 Å². The van der Waals surface area contributed by atoms with E-state index in [0.29, 0.717) is 18.7 Å². The molecule has 0 saturated carbocycles. The van der Waals surface area contributed by atoms with E-state index in [1.807, 2.05) is 23.1 Å². The highest BCUT2D eigenvalue weighted by Gasteiger charge is 2.22. The van der Waals surface area contributed by atoms with Crippen molar-refractivity contribution in [2.24, 2.45) is 0 Å². The summed E-state index contributed by atoms with van der Waals surface area (Å²) in [4.78, 5) is 21.4. The zero-order valence-electron chi connectivity index (χ0n) is 13.8. The molecule has 128 valence electrons. The molecule has 1 N–H and O–H groups in total. The van der Waals surface area contributed by atoms with Crippen molar-refractivity contribution in [3.8, 4) is 5.75 Å². The van der Waals surface area contributed by atoms with Gasteiger partial charge in [-0.05, 0) is 36.4 Å². The molecule has 3 aromatic rings. The fourth-order valence-corrected chi connectivity index (χ4v) is 4.08. The lowest BCUT2D eigenvalue weighted by molar-refractivity contribution is 0.0628. The Kier molecular flexibility index (Phi) is 4.38. The molecule has 1 amide bonds. The molecular weight excluding hydrogens is 334 g/mol. The number of piperazine rings is 1. The van der Waals surface area contributed by atoms with Crippen LogP contribution in [-0.4, -0.2) is 52.0 Å². The van der Waals surface area contributed by atoms with E-state index in [4.69, 9.17) is 0 Å². The average Bonchev–Trinajstić information content (AvgIpc) is 3.05. The van der Waals surface area contributed by atoms with Crippen LogP contribution >= 0.6 is 11.3 Å². The lowest BCUT2D eigenvalue weighted by Gasteiger charge is -2.34. The number of hydrogen-bond donors (Lipinski definition) is 1. The highest BCUT2D eigenvalue weighted by atomic mass is 32.1. The van der Waals surface area contributed by atoms with Gasteiger partial charge in [-0.25, -0.2) is 4.98 Å². The molecule has 1 aliphatic rings. The SMILES string of the molecule is O=C(c1ccc(O)cc1)N1CCN(Cc2nc3ccccc3s2)CC1. The van der Waals surface area contributed by atoms with Crippen LogP contribution in [0.15, 0.2) is 48.5 Å². The van der Waals surface area contributed by atoms with Crippen molar-refractivity contribution in [3.63, 3.8) is 0 Å². The Labute approximate surface area is 150 Å². The number of thiazole rings is 1. The van der Waals surface area contributed by atoms with E-state index >= 15 is 0 Å². The van der Waals surface area contributed by atoms with Crippen LogP contribution in [-0.2, 0) is 6.54 Å². The van der Waals surface area contributed by atoms with Crippen LogP contribution in [0.25, 0.3) is 10.2 Å². The van der Waals surface area contributed by atoms with Crippen molar-refractivity contribution in [3.05, 3.63) is 59.1 Å². The molecule has 5 nitrogen and oxygen atoms in total. The lowest BCUT2D eigenvalue weighted by Crippen LogP contribution is -2.48. The monoisotopic (exact) mass is 353 g/mol. The number of fused-ring (bicyclic) bond motifs is 1. The molecule has 2 aromatic carbocycles. The smallest absolute Gasteiger partial charge is 0.253 e. The van der Waals surface area contributed by atoms with Gasteiger partial charge in [0.1, 0.15) is 10.8 Å². The standard InChI is InChI=1S/C19H19N3O2S/c23-15-7-5-14(6-8-15)19(24)22-11-9-21(10-12-22)13-18-20-16-3-1-2-4-17(16)25-18/h1-8,23H,9-13H2. The first-order valence-electron chi connectivity index (χ1n) is 8.34. The highest BCUT2D eigenvalue weighted by Crippen LogP contribution is 2.23. The van der Waals surface area contributed by atoms with Gasteiger partial charge in [0.05, 0.1) is 16.8 Å². The van der Waals surface area contributed by atoms with E-state index in [9.17, 15) is 9.90 Å². The summed E-state index contributed by atoms with van der Waals surface area (Å²) in [6, 6.07) is 14.6. The largest absolute Gasteiger partial charge is 0.508 e. The van der Waals surface area contributed by atoms with E-state index in [0.717, 1.165) is 30.2 Å². The third kappa shape index (κ3) is 3.50. The van der Waals surface area contributed by atoms with Gasteiger partial charge in [0.2, 0.25) is 0 Å². The predicted octanol–water partition coefficient (Wildman–Crippen LogP) is 2.96. The maximum Gasteiger partial charge on any atom is 0.253 e. The van der Waals surface area contributed by atoms with Gasteiger partial charge in [0.25, 0.3) is 5.91 Å². The minimum Gasteiger partial charge on any atom is -0.508 e. The van der Waals surface area contributed by atoms with Crippen LogP contribution < -0.4 is 0 Å². The van der Waals surface area contributed by atoms with Gasteiger partial charge < -0.3 is 10.0 Å². The number of carbonyl (C=O) groups is 1. The van der Waals surface area contributed by atoms with E-state index in [-0.39, 0.29) is 11.7 Å². The van der Waals surface area contributed by atoms with Gasteiger partial charge in [0, 0.05) is 31.7 Å². The van der Waals surface area contributed by atoms with Crippen LogP contribution in [0.5, 0.6) is 5.75 Å². The Hall–Kier alpha value is -2.44. The second kappa shape index (κ2) is 6.82. The number of amides is 1. The molecule has 1 aromatic heterocycles. The summed E-state index contributed by atoms with van der Waals surface area (Å²) < 4.78 is 1.22. The van der Waals surface area contributed by atoms with Crippen molar-refractivity contribution in [1.82, 2.24) is 14.8 Å². The first-order valence-corrected chi connectivity index (χ1v) is 9.16. The normalized spacial score (nSPS) is 15.6. The maximum absolute atomic E-state index is 12.5. The fraction of sp³-hybridized carbons (Fsp3) is 0.263. The van der Waals surface area contributed by atoms with E-state index in [2.05, 4.69) is 16.0 Å². The van der Waals surface area contributed by atoms with Crippen molar-refractivity contribution in [2.75, 3.05) is 26.2 Å². The second-order valence-electron chi connectivity index (χ2n) is 6.19. The van der Waals surface area contributed by atoms with Gasteiger partial charge in [-0.2, -0.15) is 0 Å². The molecule has 0 bridgehead atoms. The molecule has 0 unspecified atom stereocenters. The van der Waals surface area contributed by atoms with E-state index in [1.165, 1.54) is 4.70 Å². The third-order valence-corrected chi connectivity index (χ3v) is 5.49. The summed E-state index contributed by atoms with van der Waals surface area (Å²) >= 11 is 1.74. The van der Waals surface area contributed by atoms with E-state index < -0.39 is 0 Å². The first-order chi connectivity index (χ1) is 12.2. The van der Waals surface area contributed by atoms with Crippen molar-refractivity contribution >= 4 is 27.5 Å². The molecular formula is C19H19N3O2S. The van der Waals surface area contributed by atoms with Crippen LogP contribution in [0.4, 0.5) is 0 Å². The topological polar surface area (TPSA) is 56.7 Å². The zero-order chi connectivity index (χ0) is 17.2. The number of phenolic OH excluding ortho intramolecular Hbond substituents is 1. The molecule has 4 rings (SSSR count). The van der Waals surface area contributed by atoms with Gasteiger partial charge in [0.15, 0.2) is 0 Å². The second-order valence-corrected chi connectivity index (χ2v) is 7.31. The molecule has 0 radical (unpaired) electrons. The summed E-state index contributed by atoms with van der Waals surface area (Å²) in [7, 11) is 0. The molecule has 1 aliphatic heterocycles. The average molecular weight is 353 g/mol. The van der Waals surface area contributed by atoms with Gasteiger partial charge in [-0.15, -0.1) is 11.3 Å². The Morgan fingerprint density at radius 3 is 2.48 bits per heavy atom. The molecule has 1 saturated heterocycles. The number of nitrogens with zero attached hydrogens (tertiary/aromatic N) is 3. The number of para-hydroxylation sites is 1. The number of carbonyl (C=O) groups excluding carboxylic acids is 1. The summed E-state index contributed by atoms with van der Waals surface area (Å²) in [5, 5.41) is 10.5. The quantitative estimate of drug-likeness (QED) is 0.786. The molecule has 0 atom stereocenters. The molecule has 0 aliphatic carbocycles. The lowest BCUT2D eigenvalue weighted by atomic mass is 10.1. The van der Waals surface area contributed by atoms with Gasteiger partial charge in [-0.3, -0.25) is 9.69 Å². The predicted molar refractivity (Wildman–Crippen MR) is 98.9 cm³/mol. The summed E-state index contributed by atoms with van der Waals surface area (Å²) in [5.41, 5.74) is 1.68. The summed E-state index contributed by atoms with van der Waals surface area (Å²) in [5.74, 6) is 0.205. The number of rotatable bonds is 3. The summed E-state index contributed by atoms with van der Waals surface area (Å²) in [6.45, 7) is 3.95. The minimum atomic E-state index is 0.0274. The van der Waals surface area contributed by atoms with Gasteiger partial charge in [-0.1, -0.05) is 12.1 Å². The third-order valence-electron chi connectivity index (χ3n) is 4.47. The first kappa shape index (κ1) is 16.1. The Balaban J connectivity index is 1.36. The number of phenols is 1. The molecule has 0 spiro atoms. The van der Waals surface area contributed by atoms with Crippen LogP contribution in [0.3, 0.4) is 0 Å². The van der Waals surface area contributed by atoms with Gasteiger partial charge >= 0.3 is 0 Å². The Bertz CT molecular complexity index is 850. The Morgan fingerprint density at radius 2 is 1.76 bits per heavy atom.